The van der Waals surface area contributed by atoms with Gasteiger partial charge in [-0.15, -0.1) is 0 Å². The summed E-state index contributed by atoms with van der Waals surface area (Å²) in [5.74, 6) is 0. The topological polar surface area (TPSA) is 18.5 Å². The van der Waals surface area contributed by atoms with Gasteiger partial charge in [-0.25, -0.2) is 0 Å². The Morgan fingerprint density at radius 1 is 0.867 bits per heavy atom. The number of rotatable bonds is 0. The van der Waals surface area contributed by atoms with Crippen molar-refractivity contribution in [2.45, 2.75) is 78.8 Å². The summed E-state index contributed by atoms with van der Waals surface area (Å²) in [6.07, 6.45) is 1.98. The van der Waals surface area contributed by atoms with E-state index in [1.807, 2.05) is 0 Å². The number of hydrogen-bond donors (Lipinski definition) is 0. The first-order valence-corrected chi connectivity index (χ1v) is 5.88. The number of hydrogen-bond acceptors (Lipinski definition) is 2. The lowest BCUT2D eigenvalue weighted by Crippen LogP contribution is -2.40. The zero-order valence-electron chi connectivity index (χ0n) is 11.3. The fraction of sp³-hybridized carbons (Fsp3) is 1.00. The quantitative estimate of drug-likeness (QED) is 0.611. The molecule has 0 aromatic heterocycles. The lowest BCUT2D eigenvalue weighted by Gasteiger charge is -2.37. The molecule has 1 aliphatic rings. The highest BCUT2D eigenvalue weighted by molar-refractivity contribution is 4.84. The van der Waals surface area contributed by atoms with Crippen LogP contribution in [0.2, 0.25) is 0 Å². The summed E-state index contributed by atoms with van der Waals surface area (Å²) in [4.78, 5) is 0. The zero-order valence-corrected chi connectivity index (χ0v) is 11.3. The molecule has 0 aromatic rings. The molecule has 15 heavy (non-hydrogen) atoms. The Kier molecular flexibility index (Phi) is 3.24. The molecule has 0 unspecified atom stereocenters. The molecule has 1 aliphatic heterocycles. The zero-order chi connectivity index (χ0) is 11.9. The van der Waals surface area contributed by atoms with Crippen LogP contribution in [0.15, 0.2) is 0 Å². The Morgan fingerprint density at radius 2 is 1.20 bits per heavy atom. The van der Waals surface area contributed by atoms with E-state index < -0.39 is 0 Å². The van der Waals surface area contributed by atoms with Gasteiger partial charge >= 0.3 is 0 Å². The highest BCUT2D eigenvalue weighted by Crippen LogP contribution is 2.38. The molecule has 0 amide bonds. The summed E-state index contributed by atoms with van der Waals surface area (Å²) in [6.45, 7) is 15.1. The normalized spacial score (nSPS) is 27.4. The van der Waals surface area contributed by atoms with E-state index in [1.165, 1.54) is 0 Å². The van der Waals surface area contributed by atoms with Crippen LogP contribution >= 0.6 is 0 Å². The maximum absolute atomic E-state index is 6.08. The van der Waals surface area contributed by atoms with Gasteiger partial charge in [0.15, 0.2) is 6.29 Å². The molecule has 0 aromatic carbocycles. The van der Waals surface area contributed by atoms with Crippen LogP contribution in [0.25, 0.3) is 0 Å². The number of ether oxygens (including phenoxy) is 2. The van der Waals surface area contributed by atoms with Crippen LogP contribution in [0.3, 0.4) is 0 Å². The van der Waals surface area contributed by atoms with E-state index in [-0.39, 0.29) is 22.9 Å². The second kappa shape index (κ2) is 3.74. The minimum absolute atomic E-state index is 0.0267. The molecule has 0 bridgehead atoms. The average Bonchev–Trinajstić information content (AvgIpc) is 2.07. The van der Waals surface area contributed by atoms with Crippen molar-refractivity contribution < 1.29 is 9.47 Å². The predicted molar refractivity (Wildman–Crippen MR) is 62.8 cm³/mol. The van der Waals surface area contributed by atoms with E-state index in [4.69, 9.17) is 9.47 Å². The van der Waals surface area contributed by atoms with Crippen molar-refractivity contribution >= 4 is 0 Å². The Morgan fingerprint density at radius 3 is 1.47 bits per heavy atom. The summed E-state index contributed by atoms with van der Waals surface area (Å²) >= 11 is 0. The molecule has 0 N–H and O–H groups in total. The molecule has 0 radical (unpaired) electrons. The van der Waals surface area contributed by atoms with Crippen LogP contribution in [0.4, 0.5) is 0 Å². The van der Waals surface area contributed by atoms with Crippen LogP contribution in [0, 0.1) is 5.41 Å². The van der Waals surface area contributed by atoms with Gasteiger partial charge in [-0.3, -0.25) is 0 Å². The average molecular weight is 214 g/mol. The van der Waals surface area contributed by atoms with Crippen LogP contribution < -0.4 is 0 Å². The van der Waals surface area contributed by atoms with Crippen molar-refractivity contribution in [3.8, 4) is 0 Å². The fourth-order valence-corrected chi connectivity index (χ4v) is 1.68. The maximum atomic E-state index is 6.08. The predicted octanol–water partition coefficient (Wildman–Crippen LogP) is 3.74. The highest BCUT2D eigenvalue weighted by Gasteiger charge is 2.40. The fourth-order valence-electron chi connectivity index (χ4n) is 1.68. The van der Waals surface area contributed by atoms with Crippen LogP contribution in [-0.4, -0.2) is 17.5 Å². The molecule has 0 saturated carbocycles. The van der Waals surface area contributed by atoms with Crippen molar-refractivity contribution in [2.75, 3.05) is 0 Å². The van der Waals surface area contributed by atoms with E-state index in [2.05, 4.69) is 48.5 Å². The molecule has 2 heteroatoms. The summed E-state index contributed by atoms with van der Waals surface area (Å²) in [7, 11) is 0. The van der Waals surface area contributed by atoms with E-state index in [9.17, 15) is 0 Å². The Bertz CT molecular complexity index is 205. The lowest BCUT2D eigenvalue weighted by atomic mass is 9.94. The van der Waals surface area contributed by atoms with E-state index in [0.717, 1.165) is 12.8 Å². The van der Waals surface area contributed by atoms with Crippen molar-refractivity contribution in [1.82, 2.24) is 0 Å². The van der Waals surface area contributed by atoms with E-state index in [0.29, 0.717) is 0 Å². The van der Waals surface area contributed by atoms with Gasteiger partial charge in [0.05, 0.1) is 11.2 Å². The molecule has 2 nitrogen and oxygen atoms in total. The van der Waals surface area contributed by atoms with Gasteiger partial charge in [0.2, 0.25) is 0 Å². The van der Waals surface area contributed by atoms with Crippen molar-refractivity contribution in [2.24, 2.45) is 5.41 Å². The minimum atomic E-state index is -0.120. The summed E-state index contributed by atoms with van der Waals surface area (Å²) in [6, 6.07) is 0. The van der Waals surface area contributed by atoms with Gasteiger partial charge < -0.3 is 9.47 Å². The maximum Gasteiger partial charge on any atom is 0.163 e. The third-order valence-corrected chi connectivity index (χ3v) is 2.89. The summed E-state index contributed by atoms with van der Waals surface area (Å²) in [5.41, 5.74) is -0.129. The lowest BCUT2D eigenvalue weighted by molar-refractivity contribution is -0.258. The van der Waals surface area contributed by atoms with Crippen molar-refractivity contribution in [3.63, 3.8) is 0 Å². The molecular formula is C13H26O2. The molecule has 90 valence electrons. The first-order chi connectivity index (χ1) is 6.52. The van der Waals surface area contributed by atoms with Crippen molar-refractivity contribution in [1.29, 1.82) is 0 Å². The van der Waals surface area contributed by atoms with Gasteiger partial charge in [-0.2, -0.15) is 0 Å². The van der Waals surface area contributed by atoms with Gasteiger partial charge in [-0.1, -0.05) is 20.8 Å². The van der Waals surface area contributed by atoms with E-state index in [1.54, 1.807) is 0 Å². The highest BCUT2D eigenvalue weighted by atomic mass is 16.7. The third-order valence-electron chi connectivity index (χ3n) is 2.89. The standard InChI is InChI=1S/C13H26O2/c1-11(2,3)10-14-12(4,5)8-9-13(6,7)15-10/h10H,8-9H2,1-7H3. The Hall–Kier alpha value is -0.0800. The Balaban J connectivity index is 2.87. The van der Waals surface area contributed by atoms with Gasteiger partial charge in [0.1, 0.15) is 0 Å². The second-order valence-electron chi connectivity index (χ2n) is 6.95. The molecule has 1 saturated heterocycles. The van der Waals surface area contributed by atoms with Crippen LogP contribution in [-0.2, 0) is 9.47 Å². The first kappa shape index (κ1) is 13.0. The largest absolute Gasteiger partial charge is 0.346 e. The molecule has 0 atom stereocenters. The van der Waals surface area contributed by atoms with Crippen LogP contribution in [0.5, 0.6) is 0 Å². The molecule has 1 rings (SSSR count). The molecule has 0 spiro atoms. The van der Waals surface area contributed by atoms with E-state index >= 15 is 0 Å². The second-order valence-corrected chi connectivity index (χ2v) is 6.95. The molecule has 1 heterocycles. The van der Waals surface area contributed by atoms with Gasteiger partial charge in [0, 0.05) is 5.41 Å². The molecule has 0 aliphatic carbocycles. The minimum Gasteiger partial charge on any atom is -0.346 e. The first-order valence-electron chi connectivity index (χ1n) is 5.88. The van der Waals surface area contributed by atoms with Gasteiger partial charge in [-0.05, 0) is 40.5 Å². The summed E-state index contributed by atoms with van der Waals surface area (Å²) < 4.78 is 12.2. The Labute approximate surface area is 94.3 Å². The van der Waals surface area contributed by atoms with Crippen LogP contribution in [0.1, 0.15) is 61.3 Å². The molecule has 1 fully saturated rings. The monoisotopic (exact) mass is 214 g/mol. The third kappa shape index (κ3) is 3.76. The summed E-state index contributed by atoms with van der Waals surface area (Å²) in [5, 5.41) is 0. The van der Waals surface area contributed by atoms with Gasteiger partial charge in [0.25, 0.3) is 0 Å². The SMILES string of the molecule is CC1(C)CCC(C)(C)OC(C(C)(C)C)O1. The smallest absolute Gasteiger partial charge is 0.163 e. The van der Waals surface area contributed by atoms with Crippen molar-refractivity contribution in [3.05, 3.63) is 0 Å². The molecular weight excluding hydrogens is 188 g/mol.